The second-order valence-electron chi connectivity index (χ2n) is 9.53. The van der Waals surface area contributed by atoms with Gasteiger partial charge >= 0.3 is 6.09 Å². The summed E-state index contributed by atoms with van der Waals surface area (Å²) < 4.78 is 18.4. The van der Waals surface area contributed by atoms with Crippen LogP contribution in [0.2, 0.25) is 0 Å². The van der Waals surface area contributed by atoms with Crippen LogP contribution in [0, 0.1) is 0 Å². The van der Waals surface area contributed by atoms with Crippen molar-refractivity contribution in [1.82, 2.24) is 24.8 Å². The molecule has 11 nitrogen and oxygen atoms in total. The molecular formula is C29H32N6O5. The lowest BCUT2D eigenvalue weighted by Gasteiger charge is -2.15. The van der Waals surface area contributed by atoms with Crippen molar-refractivity contribution in [1.29, 1.82) is 0 Å². The number of methoxy groups -OCH3 is 3. The second kappa shape index (κ2) is 11.0. The van der Waals surface area contributed by atoms with Gasteiger partial charge in [0.25, 0.3) is 0 Å². The van der Waals surface area contributed by atoms with Gasteiger partial charge in [-0.1, -0.05) is 0 Å². The molecule has 3 heterocycles. The number of hydrogen-bond acceptors (Lipinski definition) is 7. The number of H-pyrrole nitrogens is 1. The molecule has 208 valence electrons. The van der Waals surface area contributed by atoms with Crippen LogP contribution in [-0.4, -0.2) is 52.0 Å². The van der Waals surface area contributed by atoms with Crippen molar-refractivity contribution in [2.24, 2.45) is 0 Å². The van der Waals surface area contributed by atoms with Crippen LogP contribution in [0.4, 0.5) is 10.6 Å². The van der Waals surface area contributed by atoms with Crippen molar-refractivity contribution in [3.05, 3.63) is 60.0 Å². The van der Waals surface area contributed by atoms with E-state index in [0.29, 0.717) is 29.5 Å². The average Bonchev–Trinajstić information content (AvgIpc) is 3.53. The number of hydrogen-bond donors (Lipinski definition) is 4. The van der Waals surface area contributed by atoms with Gasteiger partial charge in [-0.15, -0.1) is 0 Å². The zero-order valence-corrected chi connectivity index (χ0v) is 23.0. The number of anilines is 1. The number of benzene rings is 2. The third-order valence-electron chi connectivity index (χ3n) is 6.85. The summed E-state index contributed by atoms with van der Waals surface area (Å²) in [5, 5.41) is 17.2. The molecule has 0 fully saturated rings. The van der Waals surface area contributed by atoms with Crippen molar-refractivity contribution in [2.75, 3.05) is 26.6 Å². The van der Waals surface area contributed by atoms with Crippen LogP contribution in [-0.2, 0) is 13.1 Å². The van der Waals surface area contributed by atoms with Gasteiger partial charge in [-0.25, -0.2) is 14.8 Å². The third kappa shape index (κ3) is 4.93. The Kier molecular flexibility index (Phi) is 7.37. The smallest absolute Gasteiger partial charge is 0.404 e. The minimum absolute atomic E-state index is 0.00394. The van der Waals surface area contributed by atoms with E-state index >= 15 is 0 Å². The molecule has 1 amide bonds. The number of fused-ring (bicyclic) bond motifs is 2. The number of ether oxygens (including phenoxy) is 3. The molecule has 0 aliphatic rings. The second-order valence-corrected chi connectivity index (χ2v) is 9.53. The molecule has 4 N–H and O–H groups in total. The molecule has 5 aromatic rings. The number of carbonyl (C=O) groups is 1. The van der Waals surface area contributed by atoms with Gasteiger partial charge < -0.3 is 39.5 Å². The van der Waals surface area contributed by atoms with Gasteiger partial charge in [-0.3, -0.25) is 0 Å². The Balaban J connectivity index is 1.70. The van der Waals surface area contributed by atoms with Crippen molar-refractivity contribution in [2.45, 2.75) is 33.0 Å². The van der Waals surface area contributed by atoms with Crippen LogP contribution in [0.15, 0.2) is 48.8 Å². The Hall–Kier alpha value is -4.93. The fourth-order valence-electron chi connectivity index (χ4n) is 5.04. The molecule has 0 saturated carbocycles. The zero-order valence-electron chi connectivity index (χ0n) is 23.0. The molecule has 0 unspecified atom stereocenters. The minimum atomic E-state index is -1.11. The molecule has 5 rings (SSSR count). The first-order chi connectivity index (χ1) is 19.3. The number of nitrogens with one attached hydrogen (secondary N) is 3. The minimum Gasteiger partial charge on any atom is -0.497 e. The first kappa shape index (κ1) is 26.7. The Labute approximate surface area is 231 Å². The molecule has 11 heteroatoms. The molecule has 0 aliphatic heterocycles. The van der Waals surface area contributed by atoms with Gasteiger partial charge in [-0.05, 0) is 50.2 Å². The van der Waals surface area contributed by atoms with E-state index in [1.165, 1.54) is 6.33 Å². The number of aromatic nitrogens is 4. The maximum atomic E-state index is 11.6. The predicted octanol–water partition coefficient (Wildman–Crippen LogP) is 5.57. The van der Waals surface area contributed by atoms with Gasteiger partial charge in [0.2, 0.25) is 0 Å². The van der Waals surface area contributed by atoms with E-state index in [1.54, 1.807) is 21.3 Å². The molecule has 0 saturated heterocycles. The van der Waals surface area contributed by atoms with Crippen LogP contribution in [0.25, 0.3) is 33.2 Å². The van der Waals surface area contributed by atoms with Crippen molar-refractivity contribution >= 4 is 33.8 Å². The summed E-state index contributed by atoms with van der Waals surface area (Å²) in [6.07, 6.45) is 0.409. The average molecular weight is 545 g/mol. The Morgan fingerprint density at radius 3 is 2.45 bits per heavy atom. The Morgan fingerprint density at radius 2 is 1.75 bits per heavy atom. The highest BCUT2D eigenvalue weighted by Gasteiger charge is 2.26. The normalized spacial score (nSPS) is 11.2. The molecule has 0 atom stereocenters. The molecule has 40 heavy (non-hydrogen) atoms. The largest absolute Gasteiger partial charge is 0.497 e. The van der Waals surface area contributed by atoms with Crippen LogP contribution in [0.5, 0.6) is 17.2 Å². The van der Waals surface area contributed by atoms with E-state index in [2.05, 4.69) is 25.6 Å². The van der Waals surface area contributed by atoms with Gasteiger partial charge in [0.05, 0.1) is 33.3 Å². The summed E-state index contributed by atoms with van der Waals surface area (Å²) in [6.45, 7) is 4.60. The molecule has 3 aromatic heterocycles. The lowest BCUT2D eigenvalue weighted by Crippen LogP contribution is -2.23. The molecule has 0 aliphatic carbocycles. The highest BCUT2D eigenvalue weighted by atomic mass is 16.5. The third-order valence-corrected chi connectivity index (χ3v) is 6.85. The topological polar surface area (TPSA) is 136 Å². The number of nitrogens with zero attached hydrogens (tertiary/aromatic N) is 3. The first-order valence-electron chi connectivity index (χ1n) is 12.8. The number of aromatic amines is 1. The molecule has 2 aromatic carbocycles. The molecule has 0 spiro atoms. The van der Waals surface area contributed by atoms with Crippen molar-refractivity contribution in [3.63, 3.8) is 0 Å². The maximum absolute atomic E-state index is 11.6. The summed E-state index contributed by atoms with van der Waals surface area (Å²) in [4.78, 5) is 24.3. The van der Waals surface area contributed by atoms with Crippen LogP contribution in [0.3, 0.4) is 0 Å². The summed E-state index contributed by atoms with van der Waals surface area (Å²) in [7, 11) is 4.87. The standard InChI is InChI=1S/C29H32N6O5/c1-16(2)35-23(14-31-29(36)37)25(22-11-18-10-19(38-3)8-9-21(18)34-22)26-27(32-15-33-28(26)35)30-13-17-6-7-20(39-4)12-24(17)40-5/h6-12,15-16,31,34H,13-14H2,1-5H3,(H,36,37)(H,30,32,33). The molecular weight excluding hydrogens is 512 g/mol. The van der Waals surface area contributed by atoms with Gasteiger partial charge in [-0.2, -0.15) is 0 Å². The predicted molar refractivity (Wildman–Crippen MR) is 153 cm³/mol. The van der Waals surface area contributed by atoms with E-state index in [4.69, 9.17) is 14.2 Å². The lowest BCUT2D eigenvalue weighted by atomic mass is 10.1. The van der Waals surface area contributed by atoms with Crippen molar-refractivity contribution < 1.29 is 24.1 Å². The van der Waals surface area contributed by atoms with E-state index in [1.807, 2.05) is 60.9 Å². The molecule has 0 bridgehead atoms. The quantitative estimate of drug-likeness (QED) is 0.179. The summed E-state index contributed by atoms with van der Waals surface area (Å²) in [6, 6.07) is 13.5. The maximum Gasteiger partial charge on any atom is 0.404 e. The van der Waals surface area contributed by atoms with Crippen molar-refractivity contribution in [3.8, 4) is 28.5 Å². The monoisotopic (exact) mass is 544 g/mol. The fraction of sp³-hybridized carbons (Fsp3) is 0.276. The van der Waals surface area contributed by atoms with Crippen LogP contribution < -0.4 is 24.8 Å². The Bertz CT molecular complexity index is 1690. The van der Waals surface area contributed by atoms with E-state index in [9.17, 15) is 9.90 Å². The Morgan fingerprint density at radius 1 is 1.00 bits per heavy atom. The number of carboxylic acid groups (broad SMARTS) is 1. The number of rotatable bonds is 10. The number of amides is 1. The fourth-order valence-corrected chi connectivity index (χ4v) is 5.04. The highest BCUT2D eigenvalue weighted by molar-refractivity contribution is 6.04. The zero-order chi connectivity index (χ0) is 28.4. The SMILES string of the molecule is COc1ccc(CNc2ncnc3c2c(-c2cc4cc(OC)ccc4[nH]2)c(CNC(=O)O)n3C(C)C)c(OC)c1. The lowest BCUT2D eigenvalue weighted by molar-refractivity contribution is 0.193. The summed E-state index contributed by atoms with van der Waals surface area (Å²) in [5.41, 5.74) is 4.95. The summed E-state index contributed by atoms with van der Waals surface area (Å²) >= 11 is 0. The van der Waals surface area contributed by atoms with Crippen LogP contribution >= 0.6 is 0 Å². The van der Waals surface area contributed by atoms with Gasteiger partial charge in [0, 0.05) is 52.1 Å². The summed E-state index contributed by atoms with van der Waals surface area (Å²) in [5.74, 6) is 2.75. The van der Waals surface area contributed by atoms with Gasteiger partial charge in [0.15, 0.2) is 0 Å². The van der Waals surface area contributed by atoms with E-state index < -0.39 is 6.09 Å². The van der Waals surface area contributed by atoms with Gasteiger partial charge in [0.1, 0.15) is 35.0 Å². The van der Waals surface area contributed by atoms with E-state index in [-0.39, 0.29) is 12.6 Å². The van der Waals surface area contributed by atoms with E-state index in [0.717, 1.165) is 44.6 Å². The molecule has 0 radical (unpaired) electrons. The highest BCUT2D eigenvalue weighted by Crippen LogP contribution is 2.40. The first-order valence-corrected chi connectivity index (χ1v) is 12.8. The van der Waals surface area contributed by atoms with Crippen LogP contribution in [0.1, 0.15) is 31.1 Å².